The Bertz CT molecular complexity index is 798. The largest absolute Gasteiger partial charge is 0.298 e. The normalized spacial score (nSPS) is 14.4. The molecular formula is C22H26N2O2. The van der Waals surface area contributed by atoms with E-state index in [4.69, 9.17) is 0 Å². The van der Waals surface area contributed by atoms with Gasteiger partial charge >= 0.3 is 0 Å². The van der Waals surface area contributed by atoms with Gasteiger partial charge in [-0.3, -0.25) is 15.0 Å². The average molecular weight is 350 g/mol. The zero-order chi connectivity index (χ0) is 18.4. The number of nitro benzene ring substituents is 1. The molecule has 0 spiro atoms. The molecule has 1 aliphatic rings. The lowest BCUT2D eigenvalue weighted by Gasteiger charge is -2.16. The molecule has 0 bridgehead atoms. The number of benzene rings is 2. The summed E-state index contributed by atoms with van der Waals surface area (Å²) in [7, 11) is 2.10. The van der Waals surface area contributed by atoms with Gasteiger partial charge < -0.3 is 0 Å². The van der Waals surface area contributed by atoms with Crippen LogP contribution in [0, 0.1) is 10.1 Å². The second-order valence-electron chi connectivity index (χ2n) is 7.11. The molecule has 0 aromatic heterocycles. The smallest absolute Gasteiger partial charge is 0.270 e. The maximum atomic E-state index is 10.8. The molecule has 4 nitrogen and oxygen atoms in total. The predicted octanol–water partition coefficient (Wildman–Crippen LogP) is 5.01. The van der Waals surface area contributed by atoms with Gasteiger partial charge in [-0.15, -0.1) is 0 Å². The molecule has 3 rings (SSSR count). The van der Waals surface area contributed by atoms with Crippen LogP contribution in [0.15, 0.2) is 48.5 Å². The number of nitro groups is 1. The van der Waals surface area contributed by atoms with Crippen molar-refractivity contribution in [3.8, 4) is 0 Å². The van der Waals surface area contributed by atoms with E-state index in [9.17, 15) is 10.1 Å². The van der Waals surface area contributed by atoms with Crippen LogP contribution in [0.25, 0.3) is 6.08 Å². The molecule has 0 unspecified atom stereocenters. The van der Waals surface area contributed by atoms with Crippen LogP contribution in [0.3, 0.4) is 0 Å². The Morgan fingerprint density at radius 2 is 1.88 bits per heavy atom. The number of nitrogens with zero attached hydrogens (tertiary/aromatic N) is 2. The van der Waals surface area contributed by atoms with Crippen LogP contribution in [0.5, 0.6) is 0 Å². The van der Waals surface area contributed by atoms with Crippen molar-refractivity contribution in [1.29, 1.82) is 0 Å². The van der Waals surface area contributed by atoms with Crippen LogP contribution in [0.2, 0.25) is 0 Å². The molecule has 0 atom stereocenters. The van der Waals surface area contributed by atoms with E-state index in [1.54, 1.807) is 12.1 Å². The number of aryl methyl sites for hydroxylation is 2. The Balaban J connectivity index is 1.57. The Hall–Kier alpha value is -2.46. The number of non-ortho nitro benzene ring substituents is 1. The van der Waals surface area contributed by atoms with Gasteiger partial charge in [0, 0.05) is 25.2 Å². The minimum atomic E-state index is -0.359. The summed E-state index contributed by atoms with van der Waals surface area (Å²) in [6, 6.07) is 13.7. The fraction of sp³-hybridized carbons (Fsp3) is 0.364. The van der Waals surface area contributed by atoms with Gasteiger partial charge in [-0.25, -0.2) is 0 Å². The summed E-state index contributed by atoms with van der Waals surface area (Å²) in [4.78, 5) is 12.7. The number of rotatable bonds is 6. The van der Waals surface area contributed by atoms with E-state index >= 15 is 0 Å². The number of likely N-dealkylation sites (N-methyl/N-ethyl adjacent to an activating group) is 1. The Kier molecular flexibility index (Phi) is 6.18. The molecule has 2 aromatic rings. The van der Waals surface area contributed by atoms with Crippen molar-refractivity contribution < 1.29 is 4.92 Å². The minimum absolute atomic E-state index is 0.130. The van der Waals surface area contributed by atoms with Gasteiger partial charge in [0.1, 0.15) is 0 Å². The fourth-order valence-corrected chi connectivity index (χ4v) is 3.55. The van der Waals surface area contributed by atoms with Crippen molar-refractivity contribution in [2.24, 2.45) is 0 Å². The second-order valence-corrected chi connectivity index (χ2v) is 7.11. The average Bonchev–Trinajstić information content (AvgIpc) is 2.87. The van der Waals surface area contributed by atoms with E-state index in [0.717, 1.165) is 18.7 Å². The summed E-state index contributed by atoms with van der Waals surface area (Å²) >= 11 is 0. The van der Waals surface area contributed by atoms with E-state index in [1.807, 2.05) is 12.1 Å². The van der Waals surface area contributed by atoms with E-state index in [2.05, 4.69) is 36.2 Å². The maximum Gasteiger partial charge on any atom is 0.270 e. The molecule has 136 valence electrons. The molecule has 1 aliphatic carbocycles. The summed E-state index contributed by atoms with van der Waals surface area (Å²) in [5, 5.41) is 10.8. The van der Waals surface area contributed by atoms with Gasteiger partial charge in [0.05, 0.1) is 4.92 Å². The lowest BCUT2D eigenvalue weighted by molar-refractivity contribution is -0.384. The summed E-state index contributed by atoms with van der Waals surface area (Å²) in [5.41, 5.74) is 5.40. The van der Waals surface area contributed by atoms with Crippen molar-refractivity contribution in [3.63, 3.8) is 0 Å². The highest BCUT2D eigenvalue weighted by atomic mass is 16.6. The van der Waals surface area contributed by atoms with Crippen molar-refractivity contribution in [2.45, 2.75) is 38.6 Å². The first-order chi connectivity index (χ1) is 12.6. The highest BCUT2D eigenvalue weighted by Gasteiger charge is 2.09. The summed E-state index contributed by atoms with van der Waals surface area (Å²) in [6.45, 7) is 1.71. The summed E-state index contributed by atoms with van der Waals surface area (Å²) in [5.74, 6) is 0. The summed E-state index contributed by atoms with van der Waals surface area (Å²) in [6.07, 6.45) is 10.4. The number of hydrogen-bond acceptors (Lipinski definition) is 3. The molecule has 26 heavy (non-hydrogen) atoms. The van der Waals surface area contributed by atoms with Crippen molar-refractivity contribution in [2.75, 3.05) is 13.6 Å². The van der Waals surface area contributed by atoms with Gasteiger partial charge in [0.25, 0.3) is 5.69 Å². The Morgan fingerprint density at radius 1 is 1.08 bits per heavy atom. The van der Waals surface area contributed by atoms with Crippen molar-refractivity contribution in [3.05, 3.63) is 80.9 Å². The van der Waals surface area contributed by atoms with Crippen molar-refractivity contribution in [1.82, 2.24) is 4.90 Å². The predicted molar refractivity (Wildman–Crippen MR) is 106 cm³/mol. The molecule has 0 fully saturated rings. The number of hydrogen-bond donors (Lipinski definition) is 0. The molecule has 0 amide bonds. The zero-order valence-electron chi connectivity index (χ0n) is 15.4. The number of fused-ring (bicyclic) bond motifs is 1. The third-order valence-electron chi connectivity index (χ3n) is 4.92. The fourth-order valence-electron chi connectivity index (χ4n) is 3.55. The van der Waals surface area contributed by atoms with E-state index in [0.29, 0.717) is 0 Å². The van der Waals surface area contributed by atoms with Crippen LogP contribution in [-0.4, -0.2) is 23.4 Å². The van der Waals surface area contributed by atoms with Crippen LogP contribution in [0.4, 0.5) is 5.69 Å². The summed E-state index contributed by atoms with van der Waals surface area (Å²) < 4.78 is 0. The van der Waals surface area contributed by atoms with Gasteiger partial charge in [0.2, 0.25) is 0 Å². The Labute approximate surface area is 155 Å². The van der Waals surface area contributed by atoms with Crippen LogP contribution < -0.4 is 0 Å². The molecule has 2 aromatic carbocycles. The monoisotopic (exact) mass is 350 g/mol. The zero-order valence-corrected chi connectivity index (χ0v) is 15.4. The highest BCUT2D eigenvalue weighted by molar-refractivity contribution is 5.53. The van der Waals surface area contributed by atoms with Crippen LogP contribution >= 0.6 is 0 Å². The van der Waals surface area contributed by atoms with E-state index < -0.39 is 0 Å². The molecule has 0 aliphatic heterocycles. The van der Waals surface area contributed by atoms with Gasteiger partial charge in [-0.2, -0.15) is 0 Å². The first kappa shape index (κ1) is 18.3. The second kappa shape index (κ2) is 8.77. The Morgan fingerprint density at radius 3 is 2.69 bits per heavy atom. The van der Waals surface area contributed by atoms with Crippen molar-refractivity contribution >= 4 is 11.8 Å². The van der Waals surface area contributed by atoms with Gasteiger partial charge in [-0.05, 0) is 55.0 Å². The third-order valence-corrected chi connectivity index (χ3v) is 4.92. The minimum Gasteiger partial charge on any atom is -0.298 e. The molecule has 0 saturated carbocycles. The maximum absolute atomic E-state index is 10.8. The quantitative estimate of drug-likeness (QED) is 0.418. The molecular weight excluding hydrogens is 324 g/mol. The van der Waals surface area contributed by atoms with Crippen LogP contribution in [-0.2, 0) is 19.4 Å². The lowest BCUT2D eigenvalue weighted by Crippen LogP contribution is -2.17. The molecule has 0 heterocycles. The third kappa shape index (κ3) is 5.02. The van der Waals surface area contributed by atoms with Gasteiger partial charge in [-0.1, -0.05) is 48.9 Å². The molecule has 4 heteroatoms. The topological polar surface area (TPSA) is 46.4 Å². The molecule has 0 N–H and O–H groups in total. The molecule has 0 radical (unpaired) electrons. The van der Waals surface area contributed by atoms with E-state index in [1.165, 1.54) is 54.9 Å². The SMILES string of the molecule is CN(CC=Cc1cccc([N+](=O)[O-])c1)Cc1ccc2c(c1)CCCCC2. The first-order valence-corrected chi connectivity index (χ1v) is 9.32. The standard InChI is InChI=1S/C22H26N2O2/c1-23(14-6-8-18-7-5-11-22(16-18)24(25)26)17-19-12-13-20-9-3-2-4-10-21(20)15-19/h5-8,11-13,15-16H,2-4,9-10,14,17H2,1H3. The molecule has 0 saturated heterocycles. The van der Waals surface area contributed by atoms with E-state index in [-0.39, 0.29) is 10.6 Å². The highest BCUT2D eigenvalue weighted by Crippen LogP contribution is 2.22. The van der Waals surface area contributed by atoms with Gasteiger partial charge in [0.15, 0.2) is 0 Å². The first-order valence-electron chi connectivity index (χ1n) is 9.32. The lowest BCUT2D eigenvalue weighted by atomic mass is 10.00. The van der Waals surface area contributed by atoms with Crippen LogP contribution in [0.1, 0.15) is 41.5 Å².